The molecule has 0 fully saturated rings. The Balaban J connectivity index is 3.71. The Kier molecular flexibility index (Phi) is 11.9. The fourth-order valence-corrected chi connectivity index (χ4v) is 8.78. The summed E-state index contributed by atoms with van der Waals surface area (Å²) in [6.07, 6.45) is 1.27. The Morgan fingerprint density at radius 3 is 1.35 bits per heavy atom. The minimum atomic E-state index is -0.457. The van der Waals surface area contributed by atoms with Crippen molar-refractivity contribution in [1.82, 2.24) is 10.6 Å². The van der Waals surface area contributed by atoms with E-state index in [4.69, 9.17) is 9.47 Å². The summed E-state index contributed by atoms with van der Waals surface area (Å²) in [5, 5.41) is 8.06. The van der Waals surface area contributed by atoms with Crippen molar-refractivity contribution in [3.8, 4) is 0 Å². The summed E-state index contributed by atoms with van der Waals surface area (Å²) >= 11 is 1.23. The van der Waals surface area contributed by atoms with Crippen LogP contribution in [-0.4, -0.2) is 61.7 Å². The molecule has 0 radical (unpaired) electrons. The maximum absolute atomic E-state index is 11.7. The maximum atomic E-state index is 11.7. The molecule has 0 bridgehead atoms. The molecule has 0 saturated carbocycles. The molecule has 0 aromatic rings. The zero-order chi connectivity index (χ0) is 20.4. The van der Waals surface area contributed by atoms with Crippen LogP contribution in [0.5, 0.6) is 0 Å². The summed E-state index contributed by atoms with van der Waals surface area (Å²) < 4.78 is 10.5. The Morgan fingerprint density at radius 1 is 0.769 bits per heavy atom. The molecule has 2 amide bonds. The number of amides is 2. The van der Waals surface area contributed by atoms with Gasteiger partial charge in [-0.05, 0) is 0 Å². The number of ether oxygens (including phenoxy) is 2. The Bertz CT molecular complexity index is 394. The second-order valence-corrected chi connectivity index (χ2v) is 16.2. The third kappa shape index (κ3) is 17.0. The van der Waals surface area contributed by atoms with E-state index in [-0.39, 0.29) is 24.3 Å². The van der Waals surface area contributed by atoms with Crippen LogP contribution in [-0.2, 0) is 9.47 Å². The monoisotopic (exact) mass is 504 g/mol. The molecule has 0 spiro atoms. The first kappa shape index (κ1) is 25.6. The van der Waals surface area contributed by atoms with Gasteiger partial charge in [-0.1, -0.05) is 0 Å². The summed E-state index contributed by atoms with van der Waals surface area (Å²) in [5.74, 6) is 0. The van der Waals surface area contributed by atoms with E-state index < -0.39 is 11.2 Å². The Morgan fingerprint density at radius 2 is 1.08 bits per heavy atom. The van der Waals surface area contributed by atoms with E-state index in [0.29, 0.717) is 26.3 Å². The molecule has 0 aliphatic carbocycles. The first-order chi connectivity index (χ1) is 11.8. The van der Waals surface area contributed by atoms with Crippen LogP contribution in [0, 0.1) is 0 Å². The second-order valence-electron chi connectivity index (χ2n) is 8.32. The van der Waals surface area contributed by atoms with Gasteiger partial charge in [0.05, 0.1) is 0 Å². The Labute approximate surface area is 170 Å². The molecular formula is C18H36N2O4Se2. The molecule has 0 aliphatic heterocycles. The van der Waals surface area contributed by atoms with E-state index >= 15 is 0 Å². The van der Waals surface area contributed by atoms with Crippen molar-refractivity contribution in [2.24, 2.45) is 0 Å². The van der Waals surface area contributed by atoms with Gasteiger partial charge in [0.2, 0.25) is 0 Å². The third-order valence-corrected chi connectivity index (χ3v) is 10.4. The van der Waals surface area contributed by atoms with Gasteiger partial charge in [-0.15, -0.1) is 0 Å². The van der Waals surface area contributed by atoms with E-state index in [1.807, 2.05) is 55.4 Å². The molecule has 0 saturated heterocycles. The number of rotatable bonds is 9. The van der Waals surface area contributed by atoms with Gasteiger partial charge in [-0.25, -0.2) is 0 Å². The third-order valence-electron chi connectivity index (χ3n) is 2.88. The van der Waals surface area contributed by atoms with E-state index in [9.17, 15) is 9.59 Å². The molecule has 2 N–H and O–H groups in total. The van der Waals surface area contributed by atoms with Crippen LogP contribution < -0.4 is 10.6 Å². The van der Waals surface area contributed by atoms with E-state index in [0.717, 1.165) is 23.5 Å². The van der Waals surface area contributed by atoms with Crippen LogP contribution in [0.3, 0.4) is 0 Å². The number of hydrogen-bond acceptors (Lipinski definition) is 4. The molecular weight excluding hydrogens is 466 g/mol. The van der Waals surface area contributed by atoms with Crippen LogP contribution in [0.1, 0.15) is 68.2 Å². The summed E-state index contributed by atoms with van der Waals surface area (Å²) in [6, 6.07) is 0.269. The summed E-state index contributed by atoms with van der Waals surface area (Å²) in [7, 11) is 0. The quantitative estimate of drug-likeness (QED) is 0.372. The van der Waals surface area contributed by atoms with Gasteiger partial charge in [-0.2, -0.15) is 0 Å². The first-order valence-electron chi connectivity index (χ1n) is 9.02. The van der Waals surface area contributed by atoms with Crippen LogP contribution >= 0.6 is 0 Å². The molecule has 2 atom stereocenters. The normalized spacial score (nSPS) is 14.3. The van der Waals surface area contributed by atoms with Gasteiger partial charge in [0.25, 0.3) is 0 Å². The van der Waals surface area contributed by atoms with E-state index in [1.54, 1.807) is 0 Å². The zero-order valence-electron chi connectivity index (χ0n) is 17.4. The molecule has 154 valence electrons. The Hall–Kier alpha value is -0.421. The molecule has 0 unspecified atom stereocenters. The summed E-state index contributed by atoms with van der Waals surface area (Å²) in [6.45, 7) is 15.2. The number of hydrogen-bond donors (Lipinski definition) is 2. The average molecular weight is 502 g/mol. The van der Waals surface area contributed by atoms with Crippen molar-refractivity contribution in [3.05, 3.63) is 0 Å². The SMILES string of the molecule is C[C@H](CC[Se][Se]CC[C@@H](C)NC(=O)OC(C)(C)C)NC(=O)OC(C)(C)C. The van der Waals surface area contributed by atoms with Crippen molar-refractivity contribution in [2.75, 3.05) is 0 Å². The van der Waals surface area contributed by atoms with Crippen LogP contribution in [0.15, 0.2) is 0 Å². The molecule has 0 aromatic carbocycles. The molecule has 0 aromatic heterocycles. The molecule has 0 aliphatic rings. The van der Waals surface area contributed by atoms with Crippen LogP contribution in [0.2, 0.25) is 10.6 Å². The predicted octanol–water partition coefficient (Wildman–Crippen LogP) is 3.75. The predicted molar refractivity (Wildman–Crippen MR) is 108 cm³/mol. The fraction of sp³-hybridized carbons (Fsp3) is 0.889. The van der Waals surface area contributed by atoms with Crippen molar-refractivity contribution in [3.63, 3.8) is 0 Å². The van der Waals surface area contributed by atoms with Crippen molar-refractivity contribution >= 4 is 38.4 Å². The minimum absolute atomic E-state index is 0.135. The number of carbonyl (C=O) groups is 2. The average Bonchev–Trinajstić information content (AvgIpc) is 2.37. The molecule has 6 nitrogen and oxygen atoms in total. The fourth-order valence-electron chi connectivity index (χ4n) is 1.73. The van der Waals surface area contributed by atoms with Gasteiger partial charge in [-0.3, -0.25) is 0 Å². The topological polar surface area (TPSA) is 76.7 Å². The van der Waals surface area contributed by atoms with E-state index in [2.05, 4.69) is 10.6 Å². The summed E-state index contributed by atoms with van der Waals surface area (Å²) in [5.41, 5.74) is -0.915. The van der Waals surface area contributed by atoms with Crippen LogP contribution in [0.25, 0.3) is 0 Å². The van der Waals surface area contributed by atoms with Gasteiger partial charge >= 0.3 is 170 Å². The first-order valence-corrected chi connectivity index (χ1v) is 15.8. The van der Waals surface area contributed by atoms with Gasteiger partial charge < -0.3 is 0 Å². The van der Waals surface area contributed by atoms with Crippen LogP contribution in [0.4, 0.5) is 9.59 Å². The molecule has 0 rings (SSSR count). The molecule has 8 heteroatoms. The zero-order valence-corrected chi connectivity index (χ0v) is 20.9. The van der Waals surface area contributed by atoms with Gasteiger partial charge in [0.15, 0.2) is 0 Å². The van der Waals surface area contributed by atoms with Crippen molar-refractivity contribution < 1.29 is 19.1 Å². The number of alkyl carbamates (subject to hydrolysis) is 2. The van der Waals surface area contributed by atoms with Crippen molar-refractivity contribution in [2.45, 2.75) is 102 Å². The summed E-state index contributed by atoms with van der Waals surface area (Å²) in [4.78, 5) is 23.4. The van der Waals surface area contributed by atoms with Crippen molar-refractivity contribution in [1.29, 1.82) is 0 Å². The second kappa shape index (κ2) is 12.1. The standard InChI is InChI=1S/C18H36N2O4Se2/c1-13(19-15(21)23-17(3,4)5)9-11-25-26-12-10-14(2)20-16(22)24-18(6,7)8/h13-14H,9-12H2,1-8H3,(H,19,21)(H,20,22)/t13-,14-/m1/s1. The molecule has 26 heavy (non-hydrogen) atoms. The molecule has 0 heterocycles. The van der Waals surface area contributed by atoms with E-state index in [1.165, 1.54) is 0 Å². The number of nitrogens with one attached hydrogen (secondary N) is 2. The number of carbonyl (C=O) groups excluding carboxylic acids is 2. The van der Waals surface area contributed by atoms with Gasteiger partial charge in [0, 0.05) is 0 Å². The van der Waals surface area contributed by atoms with Gasteiger partial charge in [0.1, 0.15) is 0 Å².